The summed E-state index contributed by atoms with van der Waals surface area (Å²) >= 11 is 0. The number of rotatable bonds is 5. The molecular weight excluding hydrogens is 357 g/mol. The first-order valence-corrected chi connectivity index (χ1v) is 7.79. The van der Waals surface area contributed by atoms with Gasteiger partial charge in [-0.3, -0.25) is 9.59 Å². The first-order chi connectivity index (χ1) is 12.8. The average Bonchev–Trinajstić information content (AvgIpc) is 2.64. The molecule has 3 aromatic rings. The Morgan fingerprint density at radius 2 is 1.85 bits per heavy atom. The number of carbonyl (C=O) groups excluding carboxylic acids is 1. The molecule has 8 nitrogen and oxygen atoms in total. The van der Waals surface area contributed by atoms with E-state index in [1.807, 2.05) is 0 Å². The molecule has 0 saturated heterocycles. The number of nitrogens with zero attached hydrogens (tertiary/aromatic N) is 2. The van der Waals surface area contributed by atoms with Crippen molar-refractivity contribution in [2.75, 3.05) is 6.54 Å². The number of carbonyl (C=O) groups is 2. The van der Waals surface area contributed by atoms with Crippen LogP contribution in [0.2, 0.25) is 0 Å². The van der Waals surface area contributed by atoms with E-state index in [0.29, 0.717) is 17.0 Å². The maximum atomic E-state index is 13.0. The van der Waals surface area contributed by atoms with Crippen LogP contribution in [0.4, 0.5) is 4.39 Å². The highest BCUT2D eigenvalue weighted by Crippen LogP contribution is 2.31. The van der Waals surface area contributed by atoms with Crippen LogP contribution < -0.4 is 10.1 Å². The standard InChI is InChI=1S/C18H14FN3O5/c1-9-15-12(17(25)16(21-9)18(26)20-8-14(23)24)6-7-13(22-15)27-11-4-2-10(19)3-5-11/h2-7,25H,8H2,1H3,(H,20,26)(H,23,24). The van der Waals surface area contributed by atoms with Crippen molar-refractivity contribution in [2.24, 2.45) is 0 Å². The van der Waals surface area contributed by atoms with Crippen molar-refractivity contribution in [3.63, 3.8) is 0 Å². The molecule has 0 aliphatic rings. The zero-order valence-electron chi connectivity index (χ0n) is 14.1. The average molecular weight is 371 g/mol. The van der Waals surface area contributed by atoms with Crippen molar-refractivity contribution in [1.29, 1.82) is 0 Å². The van der Waals surface area contributed by atoms with E-state index in [1.54, 1.807) is 6.92 Å². The zero-order chi connectivity index (χ0) is 19.6. The third kappa shape index (κ3) is 3.92. The number of ether oxygens (including phenoxy) is 1. The molecule has 0 saturated carbocycles. The molecule has 0 aliphatic carbocycles. The van der Waals surface area contributed by atoms with Crippen LogP contribution in [0, 0.1) is 12.7 Å². The molecule has 0 aliphatic heterocycles. The number of fused-ring (bicyclic) bond motifs is 1. The second-order valence-electron chi connectivity index (χ2n) is 5.57. The topological polar surface area (TPSA) is 122 Å². The van der Waals surface area contributed by atoms with Gasteiger partial charge in [0.2, 0.25) is 5.88 Å². The quantitative estimate of drug-likeness (QED) is 0.629. The Hall–Kier alpha value is -3.75. The summed E-state index contributed by atoms with van der Waals surface area (Å²) in [6, 6.07) is 8.36. The molecule has 1 amide bonds. The van der Waals surface area contributed by atoms with Gasteiger partial charge >= 0.3 is 5.97 Å². The van der Waals surface area contributed by atoms with Gasteiger partial charge in [0.1, 0.15) is 18.1 Å². The zero-order valence-corrected chi connectivity index (χ0v) is 14.1. The minimum absolute atomic E-state index is 0.196. The minimum Gasteiger partial charge on any atom is -0.505 e. The molecule has 0 unspecified atom stereocenters. The van der Waals surface area contributed by atoms with Gasteiger partial charge in [-0.2, -0.15) is 0 Å². The molecule has 0 radical (unpaired) electrons. The van der Waals surface area contributed by atoms with E-state index >= 15 is 0 Å². The fraction of sp³-hybridized carbons (Fsp3) is 0.111. The number of pyridine rings is 2. The van der Waals surface area contributed by atoms with E-state index in [-0.39, 0.29) is 17.0 Å². The summed E-state index contributed by atoms with van der Waals surface area (Å²) in [5.41, 5.74) is 0.352. The molecule has 0 bridgehead atoms. The Morgan fingerprint density at radius 3 is 2.52 bits per heavy atom. The molecule has 0 spiro atoms. The molecule has 0 fully saturated rings. The lowest BCUT2D eigenvalue weighted by Crippen LogP contribution is -2.30. The van der Waals surface area contributed by atoms with Gasteiger partial charge in [-0.25, -0.2) is 14.4 Å². The lowest BCUT2D eigenvalue weighted by Gasteiger charge is -2.11. The van der Waals surface area contributed by atoms with Gasteiger partial charge < -0.3 is 20.3 Å². The summed E-state index contributed by atoms with van der Waals surface area (Å²) in [5.74, 6) is -2.27. The molecule has 3 rings (SSSR count). The van der Waals surface area contributed by atoms with E-state index in [9.17, 15) is 19.1 Å². The summed E-state index contributed by atoms with van der Waals surface area (Å²) in [4.78, 5) is 30.9. The van der Waals surface area contributed by atoms with Gasteiger partial charge in [0.15, 0.2) is 11.4 Å². The third-order valence-electron chi connectivity index (χ3n) is 3.62. The normalized spacial score (nSPS) is 10.6. The molecule has 2 heterocycles. The number of benzene rings is 1. The Labute approximate surface area is 152 Å². The number of carboxylic acid groups (broad SMARTS) is 1. The van der Waals surface area contributed by atoms with Gasteiger partial charge in [-0.15, -0.1) is 0 Å². The lowest BCUT2D eigenvalue weighted by atomic mass is 10.1. The van der Waals surface area contributed by atoms with E-state index in [0.717, 1.165) is 0 Å². The van der Waals surface area contributed by atoms with Crippen LogP contribution in [0.1, 0.15) is 16.2 Å². The van der Waals surface area contributed by atoms with E-state index < -0.39 is 30.0 Å². The molecule has 3 N–H and O–H groups in total. The highest BCUT2D eigenvalue weighted by atomic mass is 19.1. The second kappa shape index (κ2) is 7.24. The number of aliphatic carboxylic acids is 1. The predicted octanol–water partition coefficient (Wildman–Crippen LogP) is 2.39. The van der Waals surface area contributed by atoms with Gasteiger partial charge in [0.25, 0.3) is 5.91 Å². The first kappa shape index (κ1) is 18.1. The van der Waals surface area contributed by atoms with Crippen molar-refractivity contribution in [1.82, 2.24) is 15.3 Å². The number of hydrogen-bond donors (Lipinski definition) is 3. The Bertz CT molecular complexity index is 1040. The van der Waals surface area contributed by atoms with Crippen LogP contribution in [0.3, 0.4) is 0 Å². The molecule has 0 atom stereocenters. The fourth-order valence-electron chi connectivity index (χ4n) is 2.39. The SMILES string of the molecule is Cc1nc(C(=O)NCC(=O)O)c(O)c2ccc(Oc3ccc(F)cc3)nc12. The van der Waals surface area contributed by atoms with Crippen molar-refractivity contribution < 1.29 is 28.9 Å². The lowest BCUT2D eigenvalue weighted by molar-refractivity contribution is -0.135. The summed E-state index contributed by atoms with van der Waals surface area (Å²) in [5, 5.41) is 21.4. The number of carboxylic acids is 1. The Kier molecular flexibility index (Phi) is 4.84. The number of hydrogen-bond acceptors (Lipinski definition) is 6. The van der Waals surface area contributed by atoms with Crippen LogP contribution >= 0.6 is 0 Å². The maximum Gasteiger partial charge on any atom is 0.322 e. The summed E-state index contributed by atoms with van der Waals surface area (Å²) < 4.78 is 18.5. The van der Waals surface area contributed by atoms with Gasteiger partial charge in [-0.05, 0) is 37.3 Å². The number of nitrogens with one attached hydrogen (secondary N) is 1. The van der Waals surface area contributed by atoms with Crippen molar-refractivity contribution in [2.45, 2.75) is 6.92 Å². The number of halogens is 1. The second-order valence-corrected chi connectivity index (χ2v) is 5.57. The monoisotopic (exact) mass is 371 g/mol. The van der Waals surface area contributed by atoms with Gasteiger partial charge in [-0.1, -0.05) is 0 Å². The highest BCUT2D eigenvalue weighted by Gasteiger charge is 2.19. The van der Waals surface area contributed by atoms with Crippen LogP contribution in [0.15, 0.2) is 36.4 Å². The van der Waals surface area contributed by atoms with Gasteiger partial charge in [0.05, 0.1) is 11.2 Å². The fourth-order valence-corrected chi connectivity index (χ4v) is 2.39. The highest BCUT2D eigenvalue weighted by molar-refractivity contribution is 6.02. The summed E-state index contributed by atoms with van der Waals surface area (Å²) in [6.07, 6.45) is 0. The number of amides is 1. The molecule has 138 valence electrons. The van der Waals surface area contributed by atoms with Crippen LogP contribution in [0.25, 0.3) is 10.9 Å². The molecule has 27 heavy (non-hydrogen) atoms. The number of aryl methyl sites for hydroxylation is 1. The van der Waals surface area contributed by atoms with Crippen molar-refractivity contribution in [3.05, 3.63) is 53.6 Å². The predicted molar refractivity (Wildman–Crippen MR) is 92.4 cm³/mol. The minimum atomic E-state index is -1.22. The molecule has 1 aromatic carbocycles. The maximum absolute atomic E-state index is 13.0. The summed E-state index contributed by atoms with van der Waals surface area (Å²) in [6.45, 7) is 0.990. The van der Waals surface area contributed by atoms with Crippen LogP contribution in [0.5, 0.6) is 17.4 Å². The Balaban J connectivity index is 1.94. The molecule has 9 heteroatoms. The van der Waals surface area contributed by atoms with Crippen LogP contribution in [-0.4, -0.2) is 38.6 Å². The molecular formula is C18H14FN3O5. The number of aromatic hydroxyl groups is 1. The van der Waals surface area contributed by atoms with Crippen LogP contribution in [-0.2, 0) is 4.79 Å². The molecule has 2 aromatic heterocycles. The largest absolute Gasteiger partial charge is 0.505 e. The first-order valence-electron chi connectivity index (χ1n) is 7.79. The third-order valence-corrected chi connectivity index (χ3v) is 3.62. The van der Waals surface area contributed by atoms with Crippen molar-refractivity contribution in [3.8, 4) is 17.4 Å². The Morgan fingerprint density at radius 1 is 1.15 bits per heavy atom. The van der Waals surface area contributed by atoms with E-state index in [1.165, 1.54) is 36.4 Å². The van der Waals surface area contributed by atoms with Crippen molar-refractivity contribution >= 4 is 22.8 Å². The smallest absolute Gasteiger partial charge is 0.322 e. The van der Waals surface area contributed by atoms with E-state index in [2.05, 4.69) is 15.3 Å². The van der Waals surface area contributed by atoms with Gasteiger partial charge in [0, 0.05) is 11.5 Å². The van der Waals surface area contributed by atoms with E-state index in [4.69, 9.17) is 9.84 Å². The number of aromatic nitrogens is 2. The summed E-state index contributed by atoms with van der Waals surface area (Å²) in [7, 11) is 0.